The van der Waals surface area contributed by atoms with Crippen molar-refractivity contribution in [2.75, 3.05) is 13.2 Å². The molecule has 0 saturated heterocycles. The molecule has 1 aliphatic heterocycles. The Hall–Kier alpha value is -2.64. The topological polar surface area (TPSA) is 79.8 Å². The van der Waals surface area contributed by atoms with Crippen molar-refractivity contribution in [3.63, 3.8) is 0 Å². The van der Waals surface area contributed by atoms with Crippen molar-refractivity contribution in [2.24, 2.45) is 5.41 Å². The van der Waals surface area contributed by atoms with E-state index in [9.17, 15) is 14.3 Å². The van der Waals surface area contributed by atoms with Crippen LogP contribution in [0.2, 0.25) is 0 Å². The number of ether oxygens (including phenoxy) is 2. The standard InChI is InChI=1S/C29H41FN2O4/c1-28(2,3)17-20-10-11-26-22(15-20)23(12-13-35-26)31-18-25(33)24(32-27(34)36-29(4,5)6)16-19-8-7-9-21(30)14-19/h7-11,14-15,23-25,31,33H,12-13,16-18H2,1-6H3,(H,32,34)/t23-,24?,25+/m0/s1. The molecule has 0 aromatic heterocycles. The van der Waals surface area contributed by atoms with Gasteiger partial charge in [-0.1, -0.05) is 45.0 Å². The van der Waals surface area contributed by atoms with E-state index in [0.717, 1.165) is 24.2 Å². The van der Waals surface area contributed by atoms with E-state index < -0.39 is 23.8 Å². The smallest absolute Gasteiger partial charge is 0.407 e. The van der Waals surface area contributed by atoms with Crippen LogP contribution in [0.15, 0.2) is 42.5 Å². The second-order valence-corrected chi connectivity index (χ2v) is 11.9. The second-order valence-electron chi connectivity index (χ2n) is 11.9. The molecule has 1 aliphatic rings. The van der Waals surface area contributed by atoms with Crippen LogP contribution >= 0.6 is 0 Å². The van der Waals surface area contributed by atoms with Gasteiger partial charge in [0.1, 0.15) is 17.2 Å². The first-order valence-corrected chi connectivity index (χ1v) is 12.7. The number of carbonyl (C=O) groups is 1. The van der Waals surface area contributed by atoms with E-state index in [1.165, 1.54) is 17.7 Å². The lowest BCUT2D eigenvalue weighted by Gasteiger charge is -2.31. The van der Waals surface area contributed by atoms with Crippen LogP contribution in [0.5, 0.6) is 5.75 Å². The molecule has 1 unspecified atom stereocenters. The fraction of sp³-hybridized carbons (Fsp3) is 0.552. The monoisotopic (exact) mass is 500 g/mol. The average Bonchev–Trinajstić information content (AvgIpc) is 2.74. The van der Waals surface area contributed by atoms with E-state index in [0.29, 0.717) is 12.2 Å². The molecule has 7 heteroatoms. The number of amides is 1. The van der Waals surface area contributed by atoms with Gasteiger partial charge >= 0.3 is 6.09 Å². The van der Waals surface area contributed by atoms with Gasteiger partial charge < -0.3 is 25.2 Å². The summed E-state index contributed by atoms with van der Waals surface area (Å²) in [4.78, 5) is 12.5. The molecule has 2 aromatic rings. The molecule has 3 N–H and O–H groups in total. The number of carbonyl (C=O) groups excluding carboxylic acids is 1. The minimum Gasteiger partial charge on any atom is -0.493 e. The van der Waals surface area contributed by atoms with Crippen molar-refractivity contribution in [3.05, 3.63) is 65.0 Å². The van der Waals surface area contributed by atoms with Gasteiger partial charge in [-0.25, -0.2) is 9.18 Å². The molecule has 2 aromatic carbocycles. The lowest BCUT2D eigenvalue weighted by Crippen LogP contribution is -2.50. The molecular weight excluding hydrogens is 459 g/mol. The molecule has 198 valence electrons. The van der Waals surface area contributed by atoms with Gasteiger partial charge in [-0.3, -0.25) is 0 Å². The Labute approximate surface area is 214 Å². The van der Waals surface area contributed by atoms with Crippen molar-refractivity contribution in [2.45, 2.75) is 84.6 Å². The molecule has 0 spiro atoms. The highest BCUT2D eigenvalue weighted by molar-refractivity contribution is 5.68. The van der Waals surface area contributed by atoms with Gasteiger partial charge in [0.25, 0.3) is 0 Å². The van der Waals surface area contributed by atoms with Gasteiger partial charge in [-0.05, 0) is 68.4 Å². The van der Waals surface area contributed by atoms with Crippen LogP contribution in [0.25, 0.3) is 0 Å². The predicted octanol–water partition coefficient (Wildman–Crippen LogP) is 5.32. The van der Waals surface area contributed by atoms with Gasteiger partial charge in [0.2, 0.25) is 0 Å². The Morgan fingerprint density at radius 1 is 1.14 bits per heavy atom. The zero-order valence-corrected chi connectivity index (χ0v) is 22.4. The normalized spacial score (nSPS) is 17.5. The van der Waals surface area contributed by atoms with Gasteiger partial charge in [0.15, 0.2) is 0 Å². The summed E-state index contributed by atoms with van der Waals surface area (Å²) in [5, 5.41) is 17.4. The molecule has 3 rings (SSSR count). The molecule has 0 saturated carbocycles. The molecule has 0 fully saturated rings. The third kappa shape index (κ3) is 8.79. The Morgan fingerprint density at radius 2 is 1.89 bits per heavy atom. The zero-order valence-electron chi connectivity index (χ0n) is 22.4. The quantitative estimate of drug-likeness (QED) is 0.457. The number of halogens is 1. The lowest BCUT2D eigenvalue weighted by atomic mass is 9.86. The van der Waals surface area contributed by atoms with Crippen LogP contribution in [-0.2, 0) is 17.6 Å². The Balaban J connectivity index is 1.72. The van der Waals surface area contributed by atoms with E-state index in [2.05, 4.69) is 43.5 Å². The number of rotatable bonds is 8. The van der Waals surface area contributed by atoms with E-state index >= 15 is 0 Å². The highest BCUT2D eigenvalue weighted by Crippen LogP contribution is 2.34. The molecule has 1 heterocycles. The molecule has 6 nitrogen and oxygen atoms in total. The first kappa shape index (κ1) is 27.9. The van der Waals surface area contributed by atoms with Gasteiger partial charge in [0.05, 0.1) is 18.8 Å². The highest BCUT2D eigenvalue weighted by atomic mass is 19.1. The number of hydrogen-bond acceptors (Lipinski definition) is 5. The zero-order chi connectivity index (χ0) is 26.5. The number of alkyl carbamates (subject to hydrolysis) is 1. The first-order chi connectivity index (χ1) is 16.8. The summed E-state index contributed by atoms with van der Waals surface area (Å²) < 4.78 is 25.0. The van der Waals surface area contributed by atoms with Crippen molar-refractivity contribution in [3.8, 4) is 5.75 Å². The molecule has 36 heavy (non-hydrogen) atoms. The van der Waals surface area contributed by atoms with Crippen LogP contribution < -0.4 is 15.4 Å². The second kappa shape index (κ2) is 11.6. The summed E-state index contributed by atoms with van der Waals surface area (Å²) in [6.07, 6.45) is 0.439. The third-order valence-corrected chi connectivity index (χ3v) is 5.93. The SMILES string of the molecule is CC(C)(C)Cc1ccc2c(c1)[C@@H](NC[C@@H](O)C(Cc1cccc(F)c1)NC(=O)OC(C)(C)C)CCO2. The molecule has 0 aliphatic carbocycles. The van der Waals surface area contributed by atoms with E-state index in [4.69, 9.17) is 9.47 Å². The first-order valence-electron chi connectivity index (χ1n) is 12.7. The number of hydrogen-bond donors (Lipinski definition) is 3. The summed E-state index contributed by atoms with van der Waals surface area (Å²) in [6.45, 7) is 12.8. The van der Waals surface area contributed by atoms with Gasteiger partial charge in [-0.2, -0.15) is 0 Å². The average molecular weight is 501 g/mol. The fourth-order valence-electron chi connectivity index (χ4n) is 4.44. The van der Waals surface area contributed by atoms with Crippen molar-refractivity contribution in [1.29, 1.82) is 0 Å². The fourth-order valence-corrected chi connectivity index (χ4v) is 4.44. The molecule has 1 amide bonds. The van der Waals surface area contributed by atoms with E-state index in [1.807, 2.05) is 6.07 Å². The van der Waals surface area contributed by atoms with E-state index in [-0.39, 0.29) is 30.2 Å². The highest BCUT2D eigenvalue weighted by Gasteiger charge is 2.28. The lowest BCUT2D eigenvalue weighted by molar-refractivity contribution is 0.0418. The number of aliphatic hydroxyl groups is 1. The molecule has 0 radical (unpaired) electrons. The van der Waals surface area contributed by atoms with Crippen LogP contribution in [0, 0.1) is 11.2 Å². The van der Waals surface area contributed by atoms with Crippen LogP contribution in [0.3, 0.4) is 0 Å². The number of nitrogens with one attached hydrogen (secondary N) is 2. The minimum atomic E-state index is -0.926. The largest absolute Gasteiger partial charge is 0.493 e. The van der Waals surface area contributed by atoms with Gasteiger partial charge in [-0.15, -0.1) is 0 Å². The molecule has 0 bridgehead atoms. The van der Waals surface area contributed by atoms with Crippen molar-refractivity contribution >= 4 is 6.09 Å². The van der Waals surface area contributed by atoms with E-state index in [1.54, 1.807) is 32.9 Å². The van der Waals surface area contributed by atoms with Crippen molar-refractivity contribution in [1.82, 2.24) is 10.6 Å². The Kier molecular flexibility index (Phi) is 9.01. The summed E-state index contributed by atoms with van der Waals surface area (Å²) in [5.74, 6) is 0.495. The van der Waals surface area contributed by atoms with Crippen LogP contribution in [0.1, 0.15) is 70.7 Å². The number of aliphatic hydroxyl groups excluding tert-OH is 1. The summed E-state index contributed by atoms with van der Waals surface area (Å²) >= 11 is 0. The summed E-state index contributed by atoms with van der Waals surface area (Å²) in [7, 11) is 0. The molecule has 3 atom stereocenters. The Morgan fingerprint density at radius 3 is 2.56 bits per heavy atom. The number of fused-ring (bicyclic) bond motifs is 1. The molecular formula is C29H41FN2O4. The summed E-state index contributed by atoms with van der Waals surface area (Å²) in [6, 6.07) is 11.8. The van der Waals surface area contributed by atoms with Gasteiger partial charge in [0, 0.05) is 24.6 Å². The minimum absolute atomic E-state index is 0.0136. The maximum absolute atomic E-state index is 13.8. The third-order valence-electron chi connectivity index (χ3n) is 5.93. The summed E-state index contributed by atoms with van der Waals surface area (Å²) in [5.41, 5.74) is 2.50. The number of benzene rings is 2. The van der Waals surface area contributed by atoms with Crippen LogP contribution in [0.4, 0.5) is 9.18 Å². The Bertz CT molecular complexity index is 1030. The maximum atomic E-state index is 13.8. The van der Waals surface area contributed by atoms with Crippen LogP contribution in [-0.4, -0.2) is 42.1 Å². The predicted molar refractivity (Wildman–Crippen MR) is 140 cm³/mol. The maximum Gasteiger partial charge on any atom is 0.407 e. The van der Waals surface area contributed by atoms with Crippen molar-refractivity contribution < 1.29 is 23.8 Å².